The van der Waals surface area contributed by atoms with Gasteiger partial charge in [-0.05, 0) is 6.92 Å². The number of hydrogen-bond acceptors (Lipinski definition) is 2. The van der Waals surface area contributed by atoms with Crippen LogP contribution in [0.1, 0.15) is 6.92 Å². The van der Waals surface area contributed by atoms with Crippen molar-refractivity contribution in [3.8, 4) is 0 Å². The smallest absolute Gasteiger partial charge is 0.267 e. The lowest BCUT2D eigenvalue weighted by Gasteiger charge is -1.97. The van der Waals surface area contributed by atoms with Crippen LogP contribution in [0.3, 0.4) is 0 Å². The van der Waals surface area contributed by atoms with Crippen molar-refractivity contribution in [1.29, 1.82) is 0 Å². The van der Waals surface area contributed by atoms with E-state index in [1.54, 1.807) is 19.1 Å². The van der Waals surface area contributed by atoms with Gasteiger partial charge in [0, 0.05) is 6.08 Å². The summed E-state index contributed by atoms with van der Waals surface area (Å²) in [5.41, 5.74) is 2.19. The summed E-state index contributed by atoms with van der Waals surface area (Å²) < 4.78 is 0. The van der Waals surface area contributed by atoms with Crippen molar-refractivity contribution in [2.45, 2.75) is 6.92 Å². The monoisotopic (exact) mass is 141 g/mol. The molecule has 0 spiro atoms. The standard InChI is InChI=1S/C7H11NO2/c1-3-5-7(9)8-10-6-4-2/h3-5H,2,6H2,1H3,(H,8,9)/b5-3+. The van der Waals surface area contributed by atoms with Crippen molar-refractivity contribution in [3.63, 3.8) is 0 Å². The van der Waals surface area contributed by atoms with Crippen LogP contribution in [-0.2, 0) is 9.63 Å². The van der Waals surface area contributed by atoms with Gasteiger partial charge in [-0.3, -0.25) is 9.63 Å². The van der Waals surface area contributed by atoms with E-state index >= 15 is 0 Å². The summed E-state index contributed by atoms with van der Waals surface area (Å²) in [7, 11) is 0. The van der Waals surface area contributed by atoms with Crippen LogP contribution in [0.25, 0.3) is 0 Å². The summed E-state index contributed by atoms with van der Waals surface area (Å²) in [6.07, 6.45) is 4.56. The van der Waals surface area contributed by atoms with E-state index in [0.717, 1.165) is 0 Å². The number of hydrogen-bond donors (Lipinski definition) is 1. The average molecular weight is 141 g/mol. The van der Waals surface area contributed by atoms with Crippen LogP contribution in [0.4, 0.5) is 0 Å². The maximum absolute atomic E-state index is 10.6. The molecule has 0 saturated heterocycles. The van der Waals surface area contributed by atoms with Crippen LogP contribution in [0.5, 0.6) is 0 Å². The Morgan fingerprint density at radius 2 is 2.50 bits per heavy atom. The summed E-state index contributed by atoms with van der Waals surface area (Å²) >= 11 is 0. The summed E-state index contributed by atoms with van der Waals surface area (Å²) in [4.78, 5) is 15.2. The second-order valence-electron chi connectivity index (χ2n) is 1.57. The van der Waals surface area contributed by atoms with Crippen molar-refractivity contribution in [2.75, 3.05) is 6.61 Å². The predicted molar refractivity (Wildman–Crippen MR) is 39.1 cm³/mol. The molecule has 0 rings (SSSR count). The Kier molecular flexibility index (Phi) is 5.38. The quantitative estimate of drug-likeness (QED) is 0.272. The third-order valence-electron chi connectivity index (χ3n) is 0.692. The van der Waals surface area contributed by atoms with Gasteiger partial charge < -0.3 is 0 Å². The van der Waals surface area contributed by atoms with Crippen molar-refractivity contribution in [1.82, 2.24) is 5.48 Å². The Morgan fingerprint density at radius 1 is 1.80 bits per heavy atom. The number of hydroxylamine groups is 1. The Morgan fingerprint density at radius 3 is 3.00 bits per heavy atom. The fourth-order valence-corrected chi connectivity index (χ4v) is 0.357. The molecule has 0 aromatic heterocycles. The summed E-state index contributed by atoms with van der Waals surface area (Å²) in [6.45, 7) is 5.49. The number of nitrogens with one attached hydrogen (secondary N) is 1. The molecule has 0 heterocycles. The van der Waals surface area contributed by atoms with Crippen LogP contribution in [0, 0.1) is 0 Å². The van der Waals surface area contributed by atoms with E-state index in [4.69, 9.17) is 0 Å². The molecular weight excluding hydrogens is 130 g/mol. The van der Waals surface area contributed by atoms with Gasteiger partial charge in [-0.25, -0.2) is 5.48 Å². The van der Waals surface area contributed by atoms with Crippen molar-refractivity contribution >= 4 is 5.91 Å². The zero-order valence-corrected chi connectivity index (χ0v) is 5.96. The molecule has 1 amide bonds. The topological polar surface area (TPSA) is 38.3 Å². The van der Waals surface area contributed by atoms with Crippen LogP contribution in [-0.4, -0.2) is 12.5 Å². The molecule has 0 fully saturated rings. The van der Waals surface area contributed by atoms with Gasteiger partial charge in [-0.1, -0.05) is 12.2 Å². The SMILES string of the molecule is C=CCONC(=O)/C=C/C. The lowest BCUT2D eigenvalue weighted by Crippen LogP contribution is -2.21. The summed E-state index contributed by atoms with van der Waals surface area (Å²) in [6, 6.07) is 0. The van der Waals surface area contributed by atoms with Gasteiger partial charge in [0.15, 0.2) is 0 Å². The first-order chi connectivity index (χ1) is 4.81. The average Bonchev–Trinajstić information content (AvgIpc) is 1.89. The highest BCUT2D eigenvalue weighted by Crippen LogP contribution is 1.73. The minimum atomic E-state index is -0.260. The van der Waals surface area contributed by atoms with E-state index in [1.807, 2.05) is 0 Å². The van der Waals surface area contributed by atoms with E-state index in [-0.39, 0.29) is 5.91 Å². The number of carbonyl (C=O) groups is 1. The molecule has 3 nitrogen and oxygen atoms in total. The first-order valence-electron chi connectivity index (χ1n) is 2.96. The molecule has 0 saturated carbocycles. The minimum absolute atomic E-state index is 0.260. The van der Waals surface area contributed by atoms with Crippen LogP contribution in [0.15, 0.2) is 24.8 Å². The third-order valence-corrected chi connectivity index (χ3v) is 0.692. The van der Waals surface area contributed by atoms with Crippen LogP contribution in [0.2, 0.25) is 0 Å². The highest BCUT2D eigenvalue weighted by Gasteiger charge is 1.89. The Labute approximate surface area is 60.3 Å². The molecule has 0 radical (unpaired) electrons. The lowest BCUT2D eigenvalue weighted by molar-refractivity contribution is -0.127. The molecule has 0 aliphatic rings. The van der Waals surface area contributed by atoms with Gasteiger partial charge in [0.05, 0.1) is 6.61 Å². The Balaban J connectivity index is 3.30. The maximum Gasteiger partial charge on any atom is 0.267 e. The molecule has 1 N–H and O–H groups in total. The highest BCUT2D eigenvalue weighted by atomic mass is 16.6. The molecule has 0 aromatic rings. The molecular formula is C7H11NO2. The van der Waals surface area contributed by atoms with Gasteiger partial charge in [0.2, 0.25) is 0 Å². The second-order valence-corrected chi connectivity index (χ2v) is 1.57. The highest BCUT2D eigenvalue weighted by molar-refractivity contribution is 5.86. The van der Waals surface area contributed by atoms with E-state index in [2.05, 4.69) is 16.9 Å². The fraction of sp³-hybridized carbons (Fsp3) is 0.286. The van der Waals surface area contributed by atoms with E-state index < -0.39 is 0 Å². The van der Waals surface area contributed by atoms with Gasteiger partial charge in [-0.15, -0.1) is 6.58 Å². The van der Waals surface area contributed by atoms with Crippen LogP contribution < -0.4 is 5.48 Å². The molecule has 0 aliphatic heterocycles. The fourth-order valence-electron chi connectivity index (χ4n) is 0.357. The molecule has 56 valence electrons. The normalized spacial score (nSPS) is 9.70. The molecule has 0 unspecified atom stereocenters. The minimum Gasteiger partial charge on any atom is -0.269 e. The Hall–Kier alpha value is -1.09. The van der Waals surface area contributed by atoms with Gasteiger partial charge in [-0.2, -0.15) is 0 Å². The number of amides is 1. The van der Waals surface area contributed by atoms with E-state index in [1.165, 1.54) is 6.08 Å². The molecule has 10 heavy (non-hydrogen) atoms. The Bertz CT molecular complexity index is 141. The largest absolute Gasteiger partial charge is 0.269 e. The molecule has 3 heteroatoms. The molecule has 0 aromatic carbocycles. The number of carbonyl (C=O) groups excluding carboxylic acids is 1. The zero-order chi connectivity index (χ0) is 7.82. The first kappa shape index (κ1) is 8.91. The van der Waals surface area contributed by atoms with E-state index in [9.17, 15) is 4.79 Å². The third kappa shape index (κ3) is 5.05. The predicted octanol–water partition coefficient (Wildman–Crippen LogP) is 0.796. The summed E-state index contributed by atoms with van der Waals surface area (Å²) in [5.74, 6) is -0.260. The van der Waals surface area contributed by atoms with Crippen molar-refractivity contribution in [3.05, 3.63) is 24.8 Å². The maximum atomic E-state index is 10.6. The van der Waals surface area contributed by atoms with Crippen LogP contribution >= 0.6 is 0 Å². The van der Waals surface area contributed by atoms with E-state index in [0.29, 0.717) is 6.61 Å². The number of allylic oxidation sites excluding steroid dienone is 1. The second kappa shape index (κ2) is 6.04. The molecule has 0 bridgehead atoms. The number of rotatable bonds is 4. The zero-order valence-electron chi connectivity index (χ0n) is 5.96. The molecule has 0 atom stereocenters. The first-order valence-corrected chi connectivity index (χ1v) is 2.96. The lowest BCUT2D eigenvalue weighted by atomic mass is 10.5. The van der Waals surface area contributed by atoms with Gasteiger partial charge >= 0.3 is 0 Å². The van der Waals surface area contributed by atoms with Gasteiger partial charge in [0.1, 0.15) is 0 Å². The summed E-state index contributed by atoms with van der Waals surface area (Å²) in [5, 5.41) is 0. The molecule has 0 aliphatic carbocycles. The van der Waals surface area contributed by atoms with Crippen molar-refractivity contribution < 1.29 is 9.63 Å². The van der Waals surface area contributed by atoms with Gasteiger partial charge in [0.25, 0.3) is 5.91 Å². The van der Waals surface area contributed by atoms with Crippen molar-refractivity contribution in [2.24, 2.45) is 0 Å².